The highest BCUT2D eigenvalue weighted by Crippen LogP contribution is 2.21. The largest absolute Gasteiger partial charge is 0.267 e. The number of unbranched alkanes of at least 4 members (excludes halogenated alkanes) is 11. The Kier molecular flexibility index (Phi) is 10.4. The SMILES string of the molecule is CCCCCCCCCCCCCCC1CCS(=O)(=O)O1. The normalized spacial score (nSPS) is 20.9. The number of rotatable bonds is 13. The topological polar surface area (TPSA) is 43.4 Å². The molecule has 0 aromatic rings. The van der Waals surface area contributed by atoms with Crippen LogP contribution in [0.2, 0.25) is 0 Å². The first kappa shape index (κ1) is 19.0. The van der Waals surface area contributed by atoms with Gasteiger partial charge in [-0.3, -0.25) is 4.18 Å². The molecule has 0 saturated carbocycles. The van der Waals surface area contributed by atoms with Gasteiger partial charge in [-0.05, 0) is 12.8 Å². The molecular formula is C17H34O3S. The molecule has 1 unspecified atom stereocenters. The molecule has 1 fully saturated rings. The maximum absolute atomic E-state index is 11.1. The molecule has 1 heterocycles. The van der Waals surface area contributed by atoms with Crippen molar-refractivity contribution >= 4 is 10.1 Å². The van der Waals surface area contributed by atoms with Gasteiger partial charge < -0.3 is 0 Å². The highest BCUT2D eigenvalue weighted by atomic mass is 32.2. The molecule has 0 radical (unpaired) electrons. The molecule has 3 nitrogen and oxygen atoms in total. The first-order valence-corrected chi connectivity index (χ1v) is 10.6. The van der Waals surface area contributed by atoms with Crippen LogP contribution in [-0.2, 0) is 14.3 Å². The quantitative estimate of drug-likeness (QED) is 0.346. The van der Waals surface area contributed by atoms with Crippen LogP contribution in [0.4, 0.5) is 0 Å². The zero-order valence-corrected chi connectivity index (χ0v) is 14.6. The Morgan fingerprint density at radius 1 is 0.810 bits per heavy atom. The minimum atomic E-state index is -3.16. The summed E-state index contributed by atoms with van der Waals surface area (Å²) < 4.78 is 27.3. The van der Waals surface area contributed by atoms with E-state index < -0.39 is 10.1 Å². The predicted octanol–water partition coefficient (Wildman–Crippen LogP) is 5.20. The highest BCUT2D eigenvalue weighted by molar-refractivity contribution is 7.86. The fraction of sp³-hybridized carbons (Fsp3) is 1.00. The summed E-state index contributed by atoms with van der Waals surface area (Å²) in [6, 6.07) is 0. The lowest BCUT2D eigenvalue weighted by molar-refractivity contribution is 0.220. The Balaban J connectivity index is 1.77. The summed E-state index contributed by atoms with van der Waals surface area (Å²) in [7, 11) is -3.16. The van der Waals surface area contributed by atoms with Crippen molar-refractivity contribution in [2.24, 2.45) is 0 Å². The van der Waals surface area contributed by atoms with Gasteiger partial charge in [-0.2, -0.15) is 8.42 Å². The van der Waals surface area contributed by atoms with Crippen LogP contribution in [0.1, 0.15) is 96.8 Å². The molecular weight excluding hydrogens is 284 g/mol. The van der Waals surface area contributed by atoms with Crippen LogP contribution in [0.3, 0.4) is 0 Å². The van der Waals surface area contributed by atoms with Crippen LogP contribution < -0.4 is 0 Å². The maximum atomic E-state index is 11.1. The Hall–Kier alpha value is -0.0900. The molecule has 126 valence electrons. The summed E-state index contributed by atoms with van der Waals surface area (Å²) in [4.78, 5) is 0. The first-order valence-electron chi connectivity index (χ1n) is 9.05. The third kappa shape index (κ3) is 10.3. The van der Waals surface area contributed by atoms with Crippen LogP contribution in [0.25, 0.3) is 0 Å². The molecule has 0 bridgehead atoms. The van der Waals surface area contributed by atoms with E-state index in [9.17, 15) is 8.42 Å². The summed E-state index contributed by atoms with van der Waals surface area (Å²) in [5.74, 6) is 0.218. The second kappa shape index (κ2) is 11.5. The van der Waals surface area contributed by atoms with Gasteiger partial charge in [0.1, 0.15) is 0 Å². The Labute approximate surface area is 132 Å². The third-order valence-corrected chi connectivity index (χ3v) is 5.65. The van der Waals surface area contributed by atoms with Crippen LogP contribution in [0, 0.1) is 0 Å². The van der Waals surface area contributed by atoms with E-state index in [1.165, 1.54) is 70.6 Å². The smallest absolute Gasteiger partial charge is 0.267 e. The van der Waals surface area contributed by atoms with E-state index in [1.54, 1.807) is 0 Å². The summed E-state index contributed by atoms with van der Waals surface area (Å²) in [6.45, 7) is 2.26. The van der Waals surface area contributed by atoms with Crippen molar-refractivity contribution in [3.63, 3.8) is 0 Å². The van der Waals surface area contributed by atoms with Gasteiger partial charge in [0.25, 0.3) is 10.1 Å². The van der Waals surface area contributed by atoms with Gasteiger partial charge in [0.15, 0.2) is 0 Å². The monoisotopic (exact) mass is 318 g/mol. The van der Waals surface area contributed by atoms with E-state index in [0.29, 0.717) is 6.42 Å². The maximum Gasteiger partial charge on any atom is 0.267 e. The molecule has 0 spiro atoms. The molecule has 0 aromatic heterocycles. The van der Waals surface area contributed by atoms with E-state index in [1.807, 2.05) is 0 Å². The fourth-order valence-corrected chi connectivity index (χ4v) is 4.24. The number of hydrogen-bond donors (Lipinski definition) is 0. The summed E-state index contributed by atoms with van der Waals surface area (Å²) in [5, 5.41) is 0. The lowest BCUT2D eigenvalue weighted by atomic mass is 10.0. The predicted molar refractivity (Wildman–Crippen MR) is 89.0 cm³/mol. The Morgan fingerprint density at radius 3 is 1.71 bits per heavy atom. The molecule has 4 heteroatoms. The van der Waals surface area contributed by atoms with Crippen molar-refractivity contribution in [1.29, 1.82) is 0 Å². The van der Waals surface area contributed by atoms with Gasteiger partial charge in [-0.25, -0.2) is 0 Å². The van der Waals surface area contributed by atoms with Gasteiger partial charge in [-0.15, -0.1) is 0 Å². The summed E-state index contributed by atoms with van der Waals surface area (Å²) in [6.07, 6.45) is 17.6. The molecule has 0 aliphatic carbocycles. The van der Waals surface area contributed by atoms with Crippen molar-refractivity contribution < 1.29 is 12.6 Å². The lowest BCUT2D eigenvalue weighted by Gasteiger charge is -2.07. The summed E-state index contributed by atoms with van der Waals surface area (Å²) in [5.41, 5.74) is 0. The zero-order chi connectivity index (χ0) is 15.4. The minimum Gasteiger partial charge on any atom is -0.267 e. The average Bonchev–Trinajstić information content (AvgIpc) is 2.79. The third-order valence-electron chi connectivity index (χ3n) is 4.35. The molecule has 0 N–H and O–H groups in total. The second-order valence-corrected chi connectivity index (χ2v) is 8.16. The van der Waals surface area contributed by atoms with Gasteiger partial charge in [0, 0.05) is 0 Å². The van der Waals surface area contributed by atoms with Crippen LogP contribution in [-0.4, -0.2) is 20.3 Å². The van der Waals surface area contributed by atoms with Crippen molar-refractivity contribution in [3.05, 3.63) is 0 Å². The summed E-state index contributed by atoms with van der Waals surface area (Å²) >= 11 is 0. The van der Waals surface area contributed by atoms with Gasteiger partial charge in [-0.1, -0.05) is 84.0 Å². The van der Waals surface area contributed by atoms with Crippen molar-refractivity contribution in [3.8, 4) is 0 Å². The van der Waals surface area contributed by atoms with E-state index in [0.717, 1.165) is 12.8 Å². The molecule has 1 rings (SSSR count). The van der Waals surface area contributed by atoms with E-state index in [2.05, 4.69) is 6.92 Å². The van der Waals surface area contributed by atoms with Gasteiger partial charge in [0.2, 0.25) is 0 Å². The Morgan fingerprint density at radius 2 is 1.29 bits per heavy atom. The molecule has 1 aliphatic rings. The van der Waals surface area contributed by atoms with Crippen LogP contribution >= 0.6 is 0 Å². The molecule has 1 saturated heterocycles. The van der Waals surface area contributed by atoms with Crippen molar-refractivity contribution in [1.82, 2.24) is 0 Å². The van der Waals surface area contributed by atoms with Crippen LogP contribution in [0.15, 0.2) is 0 Å². The number of hydrogen-bond acceptors (Lipinski definition) is 3. The van der Waals surface area contributed by atoms with E-state index in [-0.39, 0.29) is 11.9 Å². The fourth-order valence-electron chi connectivity index (χ4n) is 2.98. The standard InChI is InChI=1S/C17H34O3S/c1-2-3-4-5-6-7-8-9-10-11-12-13-14-17-15-16-21(18,19)20-17/h17H,2-16H2,1H3. The molecule has 1 atom stereocenters. The molecule has 0 aromatic carbocycles. The first-order chi connectivity index (χ1) is 10.1. The molecule has 21 heavy (non-hydrogen) atoms. The van der Waals surface area contributed by atoms with Gasteiger partial charge >= 0.3 is 0 Å². The molecule has 0 amide bonds. The van der Waals surface area contributed by atoms with Crippen molar-refractivity contribution in [2.75, 3.05) is 5.75 Å². The van der Waals surface area contributed by atoms with Crippen molar-refractivity contribution in [2.45, 2.75) is 103 Å². The zero-order valence-electron chi connectivity index (χ0n) is 13.8. The van der Waals surface area contributed by atoms with E-state index in [4.69, 9.17) is 4.18 Å². The van der Waals surface area contributed by atoms with Crippen LogP contribution in [0.5, 0.6) is 0 Å². The lowest BCUT2D eigenvalue weighted by Crippen LogP contribution is -2.06. The average molecular weight is 319 g/mol. The Bertz CT molecular complexity index is 338. The highest BCUT2D eigenvalue weighted by Gasteiger charge is 2.27. The van der Waals surface area contributed by atoms with Gasteiger partial charge in [0.05, 0.1) is 11.9 Å². The van der Waals surface area contributed by atoms with E-state index >= 15 is 0 Å². The molecule has 1 aliphatic heterocycles. The second-order valence-electron chi connectivity index (χ2n) is 6.45. The minimum absolute atomic E-state index is 0.0295.